The Balaban J connectivity index is 1.99. The second kappa shape index (κ2) is 6.70. The van der Waals surface area contributed by atoms with Gasteiger partial charge < -0.3 is 10.6 Å². The second-order valence-electron chi connectivity index (χ2n) is 4.93. The van der Waals surface area contributed by atoms with Gasteiger partial charge in [0.05, 0.1) is 0 Å². The lowest BCUT2D eigenvalue weighted by molar-refractivity contribution is -0.119. The molecule has 4 heteroatoms. The monoisotopic (exact) mass is 282 g/mol. The SMILES string of the molecule is CC(=O)NCc1ccc(C(=O)Nc2ccc(C)cc2)cc1. The van der Waals surface area contributed by atoms with E-state index in [1.807, 2.05) is 43.3 Å². The first kappa shape index (κ1) is 14.8. The van der Waals surface area contributed by atoms with Crippen LogP contribution in [0.5, 0.6) is 0 Å². The van der Waals surface area contributed by atoms with Gasteiger partial charge in [-0.1, -0.05) is 29.8 Å². The first-order chi connectivity index (χ1) is 10.0. The van der Waals surface area contributed by atoms with E-state index < -0.39 is 0 Å². The fourth-order valence-corrected chi connectivity index (χ4v) is 1.84. The van der Waals surface area contributed by atoms with Gasteiger partial charge in [-0.25, -0.2) is 0 Å². The first-order valence-electron chi connectivity index (χ1n) is 6.76. The van der Waals surface area contributed by atoms with Gasteiger partial charge in [0.2, 0.25) is 5.91 Å². The number of nitrogens with one attached hydrogen (secondary N) is 2. The number of hydrogen-bond acceptors (Lipinski definition) is 2. The minimum absolute atomic E-state index is 0.0730. The average Bonchev–Trinajstić information content (AvgIpc) is 2.48. The van der Waals surface area contributed by atoms with E-state index in [2.05, 4.69) is 10.6 Å². The highest BCUT2D eigenvalue weighted by Crippen LogP contribution is 2.11. The van der Waals surface area contributed by atoms with Crippen LogP contribution in [0.3, 0.4) is 0 Å². The van der Waals surface area contributed by atoms with Gasteiger partial charge >= 0.3 is 0 Å². The van der Waals surface area contributed by atoms with Crippen molar-refractivity contribution in [1.82, 2.24) is 5.32 Å². The molecule has 0 fully saturated rings. The predicted molar refractivity (Wildman–Crippen MR) is 83.1 cm³/mol. The Morgan fingerprint density at radius 1 is 0.952 bits per heavy atom. The van der Waals surface area contributed by atoms with Crippen LogP contribution in [0.4, 0.5) is 5.69 Å². The van der Waals surface area contributed by atoms with E-state index >= 15 is 0 Å². The number of carbonyl (C=O) groups is 2. The number of hydrogen-bond donors (Lipinski definition) is 2. The maximum absolute atomic E-state index is 12.1. The molecule has 2 aromatic carbocycles. The van der Waals surface area contributed by atoms with Crippen molar-refractivity contribution in [2.45, 2.75) is 20.4 Å². The van der Waals surface area contributed by atoms with Crippen molar-refractivity contribution >= 4 is 17.5 Å². The van der Waals surface area contributed by atoms with Crippen LogP contribution in [0, 0.1) is 6.92 Å². The fraction of sp³-hybridized carbons (Fsp3) is 0.176. The predicted octanol–water partition coefficient (Wildman–Crippen LogP) is 2.88. The van der Waals surface area contributed by atoms with Gasteiger partial charge in [0, 0.05) is 24.7 Å². The number of benzene rings is 2. The van der Waals surface area contributed by atoms with E-state index in [0.717, 1.165) is 16.8 Å². The number of aryl methyl sites for hydroxylation is 1. The summed E-state index contributed by atoms with van der Waals surface area (Å²) in [6.45, 7) is 3.94. The van der Waals surface area contributed by atoms with E-state index in [0.29, 0.717) is 12.1 Å². The van der Waals surface area contributed by atoms with E-state index in [1.165, 1.54) is 6.92 Å². The third-order valence-corrected chi connectivity index (χ3v) is 3.07. The maximum Gasteiger partial charge on any atom is 0.255 e. The Hall–Kier alpha value is -2.62. The van der Waals surface area contributed by atoms with Gasteiger partial charge in [-0.2, -0.15) is 0 Å². The molecule has 21 heavy (non-hydrogen) atoms. The zero-order valence-electron chi connectivity index (χ0n) is 12.1. The van der Waals surface area contributed by atoms with Crippen molar-refractivity contribution in [3.63, 3.8) is 0 Å². The van der Waals surface area contributed by atoms with E-state index in [4.69, 9.17) is 0 Å². The van der Waals surface area contributed by atoms with Gasteiger partial charge in [-0.3, -0.25) is 9.59 Å². The Labute approximate surface area is 124 Å². The minimum Gasteiger partial charge on any atom is -0.352 e. The summed E-state index contributed by atoms with van der Waals surface area (Å²) in [5, 5.41) is 5.56. The smallest absolute Gasteiger partial charge is 0.255 e. The molecule has 0 saturated carbocycles. The zero-order chi connectivity index (χ0) is 15.2. The topological polar surface area (TPSA) is 58.2 Å². The van der Waals surface area contributed by atoms with Crippen molar-refractivity contribution in [3.05, 3.63) is 65.2 Å². The van der Waals surface area contributed by atoms with Crippen LogP contribution >= 0.6 is 0 Å². The summed E-state index contributed by atoms with van der Waals surface area (Å²) in [4.78, 5) is 22.9. The van der Waals surface area contributed by atoms with Crippen LogP contribution in [-0.2, 0) is 11.3 Å². The summed E-state index contributed by atoms with van der Waals surface area (Å²) in [5.41, 5.74) is 3.46. The van der Waals surface area contributed by atoms with E-state index in [1.54, 1.807) is 12.1 Å². The Bertz CT molecular complexity index is 631. The summed E-state index contributed by atoms with van der Waals surface area (Å²) >= 11 is 0. The Morgan fingerprint density at radius 3 is 2.14 bits per heavy atom. The molecule has 0 atom stereocenters. The van der Waals surface area contributed by atoms with Gasteiger partial charge in [-0.15, -0.1) is 0 Å². The normalized spacial score (nSPS) is 10.0. The number of carbonyl (C=O) groups excluding carboxylic acids is 2. The number of rotatable bonds is 4. The number of amides is 2. The molecule has 0 aliphatic heterocycles. The lowest BCUT2D eigenvalue weighted by atomic mass is 10.1. The van der Waals surface area contributed by atoms with Crippen LogP contribution in [0.25, 0.3) is 0 Å². The molecule has 4 nitrogen and oxygen atoms in total. The summed E-state index contributed by atoms with van der Waals surface area (Å²) < 4.78 is 0. The lowest BCUT2D eigenvalue weighted by Gasteiger charge is -2.07. The standard InChI is InChI=1S/C17H18N2O2/c1-12-3-9-16(10-4-12)19-17(21)15-7-5-14(6-8-15)11-18-13(2)20/h3-10H,11H2,1-2H3,(H,18,20)(H,19,21). The largest absolute Gasteiger partial charge is 0.352 e. The minimum atomic E-state index is -0.148. The molecule has 0 spiro atoms. The van der Waals surface area contributed by atoms with Crippen molar-refractivity contribution < 1.29 is 9.59 Å². The van der Waals surface area contributed by atoms with Gasteiger partial charge in [-0.05, 0) is 36.8 Å². The lowest BCUT2D eigenvalue weighted by Crippen LogP contribution is -2.19. The quantitative estimate of drug-likeness (QED) is 0.906. The third-order valence-electron chi connectivity index (χ3n) is 3.07. The molecule has 2 aromatic rings. The fourth-order valence-electron chi connectivity index (χ4n) is 1.84. The van der Waals surface area contributed by atoms with Crippen LogP contribution in [0.15, 0.2) is 48.5 Å². The maximum atomic E-state index is 12.1. The summed E-state index contributed by atoms with van der Waals surface area (Å²) in [5.74, 6) is -0.221. The molecule has 0 unspecified atom stereocenters. The number of anilines is 1. The first-order valence-corrected chi connectivity index (χ1v) is 6.76. The Morgan fingerprint density at radius 2 is 1.57 bits per heavy atom. The highest BCUT2D eigenvalue weighted by Gasteiger charge is 2.06. The summed E-state index contributed by atoms with van der Waals surface area (Å²) in [7, 11) is 0. The average molecular weight is 282 g/mol. The van der Waals surface area contributed by atoms with E-state index in [-0.39, 0.29) is 11.8 Å². The van der Waals surface area contributed by atoms with Crippen molar-refractivity contribution in [2.75, 3.05) is 5.32 Å². The van der Waals surface area contributed by atoms with Crippen LogP contribution in [0.1, 0.15) is 28.4 Å². The molecule has 0 radical (unpaired) electrons. The molecule has 0 bridgehead atoms. The highest BCUT2D eigenvalue weighted by atomic mass is 16.2. The molecule has 108 valence electrons. The third kappa shape index (κ3) is 4.45. The summed E-state index contributed by atoms with van der Waals surface area (Å²) in [6.07, 6.45) is 0. The van der Waals surface area contributed by atoms with Crippen molar-refractivity contribution in [3.8, 4) is 0 Å². The van der Waals surface area contributed by atoms with Crippen molar-refractivity contribution in [1.29, 1.82) is 0 Å². The van der Waals surface area contributed by atoms with Gasteiger partial charge in [0.25, 0.3) is 5.91 Å². The van der Waals surface area contributed by atoms with Gasteiger partial charge in [0.15, 0.2) is 0 Å². The molecule has 2 N–H and O–H groups in total. The molecular formula is C17H18N2O2. The summed E-state index contributed by atoms with van der Waals surface area (Å²) in [6, 6.07) is 14.8. The van der Waals surface area contributed by atoms with Crippen LogP contribution in [0.2, 0.25) is 0 Å². The molecule has 0 aliphatic rings. The zero-order valence-corrected chi connectivity index (χ0v) is 12.1. The molecule has 2 amide bonds. The molecule has 2 rings (SSSR count). The molecule has 0 heterocycles. The molecule has 0 aliphatic carbocycles. The van der Waals surface area contributed by atoms with Crippen molar-refractivity contribution in [2.24, 2.45) is 0 Å². The Kier molecular flexibility index (Phi) is 4.72. The van der Waals surface area contributed by atoms with Gasteiger partial charge in [0.1, 0.15) is 0 Å². The molecule has 0 saturated heterocycles. The molecular weight excluding hydrogens is 264 g/mol. The molecule has 0 aromatic heterocycles. The van der Waals surface area contributed by atoms with Crippen LogP contribution in [-0.4, -0.2) is 11.8 Å². The van der Waals surface area contributed by atoms with E-state index in [9.17, 15) is 9.59 Å². The van der Waals surface area contributed by atoms with Crippen LogP contribution < -0.4 is 10.6 Å². The second-order valence-corrected chi connectivity index (χ2v) is 4.93. The highest BCUT2D eigenvalue weighted by molar-refractivity contribution is 6.04.